The molecule has 0 aliphatic heterocycles. The van der Waals surface area contributed by atoms with Gasteiger partial charge < -0.3 is 20.3 Å². The zero-order valence-electron chi connectivity index (χ0n) is 14.4. The quantitative estimate of drug-likeness (QED) is 0.715. The zero-order valence-corrected chi connectivity index (χ0v) is 14.4. The minimum atomic E-state index is -0.937. The number of aromatic nitrogens is 1. The average Bonchev–Trinajstić information content (AvgIpc) is 3.47. The lowest BCUT2D eigenvalue weighted by atomic mass is 10.1. The number of nitrogens with zero attached hydrogens (tertiary/aromatic N) is 1. The van der Waals surface area contributed by atoms with Crippen molar-refractivity contribution < 1.29 is 14.7 Å². The Hall–Kier alpha value is -2.93. The summed E-state index contributed by atoms with van der Waals surface area (Å²) in [6.07, 6.45) is 2.31. The first-order valence-electron chi connectivity index (χ1n) is 8.50. The molecule has 3 N–H and O–H groups in total. The number of aliphatic hydroxyl groups excluding tert-OH is 1. The molecule has 136 valence electrons. The number of carbonyl (C=O) groups is 2. The van der Waals surface area contributed by atoms with Crippen molar-refractivity contribution in [2.45, 2.75) is 31.5 Å². The van der Waals surface area contributed by atoms with Gasteiger partial charge in [-0.2, -0.15) is 0 Å². The van der Waals surface area contributed by atoms with Gasteiger partial charge >= 0.3 is 0 Å². The third kappa shape index (κ3) is 4.00. The lowest BCUT2D eigenvalue weighted by molar-refractivity contribution is 0.0949. The van der Waals surface area contributed by atoms with E-state index in [2.05, 4.69) is 10.6 Å². The first-order chi connectivity index (χ1) is 12.5. The fourth-order valence-corrected chi connectivity index (χ4v) is 2.66. The van der Waals surface area contributed by atoms with E-state index in [-0.39, 0.29) is 29.6 Å². The molecule has 3 rings (SSSR count). The molecular formula is C19H21N3O4. The summed E-state index contributed by atoms with van der Waals surface area (Å²) >= 11 is 0. The van der Waals surface area contributed by atoms with Crippen LogP contribution in [0.4, 0.5) is 0 Å². The van der Waals surface area contributed by atoms with Crippen molar-refractivity contribution in [3.05, 3.63) is 69.6 Å². The fraction of sp³-hybridized carbons (Fsp3) is 0.316. The van der Waals surface area contributed by atoms with Crippen LogP contribution in [0.5, 0.6) is 0 Å². The molecule has 0 saturated heterocycles. The highest BCUT2D eigenvalue weighted by Gasteiger charge is 2.25. The molecule has 2 amide bonds. The molecule has 1 aromatic carbocycles. The fourth-order valence-electron chi connectivity index (χ4n) is 2.66. The van der Waals surface area contributed by atoms with Crippen molar-refractivity contribution in [1.82, 2.24) is 15.2 Å². The summed E-state index contributed by atoms with van der Waals surface area (Å²) in [4.78, 5) is 37.0. The number of hydrogen-bond donors (Lipinski definition) is 3. The van der Waals surface area contributed by atoms with Crippen molar-refractivity contribution >= 4 is 11.8 Å². The largest absolute Gasteiger partial charge is 0.387 e. The Bertz CT molecular complexity index is 872. The summed E-state index contributed by atoms with van der Waals surface area (Å²) in [7, 11) is 1.42. The van der Waals surface area contributed by atoms with Gasteiger partial charge in [-0.1, -0.05) is 30.3 Å². The highest BCUT2D eigenvalue weighted by molar-refractivity contribution is 5.99. The number of nitrogens with one attached hydrogen (secondary N) is 2. The minimum Gasteiger partial charge on any atom is -0.387 e. The molecule has 0 unspecified atom stereocenters. The third-order valence-corrected chi connectivity index (χ3v) is 4.29. The molecule has 0 spiro atoms. The number of aliphatic hydroxyl groups is 1. The Labute approximate surface area is 150 Å². The van der Waals surface area contributed by atoms with E-state index in [1.54, 1.807) is 24.3 Å². The zero-order chi connectivity index (χ0) is 18.7. The molecule has 26 heavy (non-hydrogen) atoms. The van der Waals surface area contributed by atoms with Crippen molar-refractivity contribution in [3.8, 4) is 0 Å². The SMILES string of the molecule is CNC(=O)c1cc(C(=O)NC2CC2)cn(C[C@H](O)c2ccccc2)c1=O. The Morgan fingerprint density at radius 2 is 1.92 bits per heavy atom. The maximum atomic E-state index is 12.6. The van der Waals surface area contributed by atoms with Gasteiger partial charge in [-0.25, -0.2) is 0 Å². The second kappa shape index (κ2) is 7.53. The normalized spacial score (nSPS) is 14.5. The van der Waals surface area contributed by atoms with Gasteiger partial charge in [0.25, 0.3) is 17.4 Å². The minimum absolute atomic E-state index is 0.0581. The first kappa shape index (κ1) is 17.9. The third-order valence-electron chi connectivity index (χ3n) is 4.29. The molecular weight excluding hydrogens is 334 g/mol. The Kier molecular flexibility index (Phi) is 5.18. The van der Waals surface area contributed by atoms with Crippen molar-refractivity contribution in [1.29, 1.82) is 0 Å². The van der Waals surface area contributed by atoms with Crippen LogP contribution in [0.2, 0.25) is 0 Å². The first-order valence-corrected chi connectivity index (χ1v) is 8.50. The molecule has 7 nitrogen and oxygen atoms in total. The van der Waals surface area contributed by atoms with Crippen molar-refractivity contribution in [2.24, 2.45) is 0 Å². The second-order valence-corrected chi connectivity index (χ2v) is 6.35. The van der Waals surface area contributed by atoms with Crippen LogP contribution in [-0.2, 0) is 6.54 Å². The van der Waals surface area contributed by atoms with Crippen LogP contribution in [-0.4, -0.2) is 34.6 Å². The second-order valence-electron chi connectivity index (χ2n) is 6.35. The summed E-state index contributed by atoms with van der Waals surface area (Å²) in [5.74, 6) is -0.903. The van der Waals surface area contributed by atoms with Crippen LogP contribution in [0.25, 0.3) is 0 Å². The lowest BCUT2D eigenvalue weighted by Gasteiger charge is -2.15. The van der Waals surface area contributed by atoms with Crippen LogP contribution in [0.1, 0.15) is 45.2 Å². The maximum Gasteiger partial charge on any atom is 0.263 e. The molecule has 0 radical (unpaired) electrons. The van der Waals surface area contributed by atoms with E-state index in [9.17, 15) is 19.5 Å². The number of carbonyl (C=O) groups excluding carboxylic acids is 2. The average molecular weight is 355 g/mol. The number of rotatable bonds is 6. The molecule has 1 aliphatic carbocycles. The molecule has 1 saturated carbocycles. The van der Waals surface area contributed by atoms with E-state index in [1.807, 2.05) is 6.07 Å². The van der Waals surface area contributed by atoms with Crippen LogP contribution in [0.3, 0.4) is 0 Å². The Morgan fingerprint density at radius 1 is 1.23 bits per heavy atom. The summed E-state index contributed by atoms with van der Waals surface area (Å²) in [5, 5.41) is 15.7. The highest BCUT2D eigenvalue weighted by Crippen LogP contribution is 2.19. The maximum absolute atomic E-state index is 12.6. The smallest absolute Gasteiger partial charge is 0.263 e. The van der Waals surface area contributed by atoms with Crippen LogP contribution in [0.15, 0.2) is 47.4 Å². The van der Waals surface area contributed by atoms with Crippen molar-refractivity contribution in [2.75, 3.05) is 7.05 Å². The van der Waals surface area contributed by atoms with E-state index >= 15 is 0 Å². The highest BCUT2D eigenvalue weighted by atomic mass is 16.3. The number of benzene rings is 1. The van der Waals surface area contributed by atoms with Crippen LogP contribution >= 0.6 is 0 Å². The van der Waals surface area contributed by atoms with E-state index < -0.39 is 17.6 Å². The van der Waals surface area contributed by atoms with Gasteiger partial charge in [0.1, 0.15) is 5.56 Å². The Morgan fingerprint density at radius 3 is 2.54 bits per heavy atom. The van der Waals surface area contributed by atoms with E-state index in [0.29, 0.717) is 5.56 Å². The lowest BCUT2D eigenvalue weighted by Crippen LogP contribution is -2.35. The molecule has 2 aromatic rings. The summed E-state index contributed by atoms with van der Waals surface area (Å²) in [6.45, 7) is -0.0581. The van der Waals surface area contributed by atoms with Gasteiger partial charge in [0.05, 0.1) is 18.2 Å². The van der Waals surface area contributed by atoms with Gasteiger partial charge in [0.15, 0.2) is 0 Å². The summed E-state index contributed by atoms with van der Waals surface area (Å²) in [6, 6.07) is 10.4. The molecule has 0 bridgehead atoms. The summed E-state index contributed by atoms with van der Waals surface area (Å²) < 4.78 is 1.21. The van der Waals surface area contributed by atoms with Crippen LogP contribution < -0.4 is 16.2 Å². The molecule has 1 atom stereocenters. The van der Waals surface area contributed by atoms with E-state index in [1.165, 1.54) is 23.9 Å². The van der Waals surface area contributed by atoms with E-state index in [0.717, 1.165) is 12.8 Å². The Balaban J connectivity index is 1.95. The number of amides is 2. The predicted octanol–water partition coefficient (Wildman–Crippen LogP) is 0.834. The molecule has 1 fully saturated rings. The van der Waals surface area contributed by atoms with Gasteiger partial charge in [-0.3, -0.25) is 14.4 Å². The van der Waals surface area contributed by atoms with Gasteiger partial charge in [-0.15, -0.1) is 0 Å². The topological polar surface area (TPSA) is 100 Å². The van der Waals surface area contributed by atoms with Gasteiger partial charge in [0, 0.05) is 19.3 Å². The standard InChI is InChI=1S/C19H21N3O4/c1-20-18(25)15-9-13(17(24)21-14-7-8-14)10-22(19(15)26)11-16(23)12-5-3-2-4-6-12/h2-6,9-10,14,16,23H,7-8,11H2,1H3,(H,20,25)(H,21,24)/t16-/m0/s1. The monoisotopic (exact) mass is 355 g/mol. The van der Waals surface area contributed by atoms with Gasteiger partial charge in [-0.05, 0) is 24.5 Å². The molecule has 1 aromatic heterocycles. The summed E-state index contributed by atoms with van der Waals surface area (Å²) in [5.41, 5.74) is 0.183. The number of hydrogen-bond acceptors (Lipinski definition) is 4. The molecule has 7 heteroatoms. The predicted molar refractivity (Wildman–Crippen MR) is 96.0 cm³/mol. The molecule has 1 heterocycles. The van der Waals surface area contributed by atoms with Crippen LogP contribution in [0, 0.1) is 0 Å². The number of pyridine rings is 1. The molecule has 1 aliphatic rings. The van der Waals surface area contributed by atoms with E-state index in [4.69, 9.17) is 0 Å². The van der Waals surface area contributed by atoms with Crippen molar-refractivity contribution in [3.63, 3.8) is 0 Å². The van der Waals surface area contributed by atoms with Gasteiger partial charge in [0.2, 0.25) is 0 Å².